The van der Waals surface area contributed by atoms with Crippen LogP contribution in [0.5, 0.6) is 0 Å². The molecule has 2 aliphatic rings. The highest BCUT2D eigenvalue weighted by molar-refractivity contribution is 5.12. The van der Waals surface area contributed by atoms with Gasteiger partial charge in [-0.3, -0.25) is 0 Å². The first-order valence-corrected chi connectivity index (χ1v) is 8.11. The summed E-state index contributed by atoms with van der Waals surface area (Å²) < 4.78 is 11.5. The summed E-state index contributed by atoms with van der Waals surface area (Å²) in [6.45, 7) is 3.55. The second kappa shape index (κ2) is 7.57. The molecule has 7 heteroatoms. The van der Waals surface area contributed by atoms with E-state index in [-0.39, 0.29) is 12.5 Å². The fraction of sp³-hybridized carbons (Fsp3) is 0.875. The van der Waals surface area contributed by atoms with Crippen LogP contribution in [0.2, 0.25) is 0 Å². The summed E-state index contributed by atoms with van der Waals surface area (Å²) >= 11 is 0. The van der Waals surface area contributed by atoms with Crippen molar-refractivity contribution in [2.45, 2.75) is 69.4 Å². The quantitative estimate of drug-likeness (QED) is 0.422. The van der Waals surface area contributed by atoms with Crippen molar-refractivity contribution < 1.29 is 35.0 Å². The average Bonchev–Trinajstić information content (AvgIpc) is 2.55. The van der Waals surface area contributed by atoms with Gasteiger partial charge in [0.1, 0.15) is 24.4 Å². The molecule has 0 spiro atoms. The second-order valence-electron chi connectivity index (χ2n) is 6.76. The maximum atomic E-state index is 10.1. The highest BCUT2D eigenvalue weighted by Gasteiger charge is 2.48. The van der Waals surface area contributed by atoms with Gasteiger partial charge in [-0.25, -0.2) is 0 Å². The first-order valence-electron chi connectivity index (χ1n) is 8.11. The molecule has 1 unspecified atom stereocenters. The molecule has 1 heterocycles. The van der Waals surface area contributed by atoms with Gasteiger partial charge < -0.3 is 35.0 Å². The lowest BCUT2D eigenvalue weighted by atomic mass is 9.77. The Morgan fingerprint density at radius 1 is 1.22 bits per heavy atom. The van der Waals surface area contributed by atoms with E-state index in [1.165, 1.54) is 0 Å². The molecule has 23 heavy (non-hydrogen) atoms. The summed E-state index contributed by atoms with van der Waals surface area (Å²) in [5.41, 5.74) is 0.366. The molecule has 1 aliphatic heterocycles. The Balaban J connectivity index is 2.15. The Morgan fingerprint density at radius 3 is 2.39 bits per heavy atom. The molecule has 0 saturated carbocycles. The highest BCUT2D eigenvalue weighted by atomic mass is 16.7. The Labute approximate surface area is 136 Å². The Morgan fingerprint density at radius 2 is 1.91 bits per heavy atom. The zero-order valence-electron chi connectivity index (χ0n) is 13.6. The summed E-state index contributed by atoms with van der Waals surface area (Å²) in [5.74, 6) is 0.117. The highest BCUT2D eigenvalue weighted by Crippen LogP contribution is 2.39. The van der Waals surface area contributed by atoms with Gasteiger partial charge in [0, 0.05) is 0 Å². The van der Waals surface area contributed by atoms with Crippen LogP contribution in [0.15, 0.2) is 11.6 Å². The fourth-order valence-corrected chi connectivity index (χ4v) is 3.20. The minimum atomic E-state index is -1.44. The number of rotatable bonds is 5. The van der Waals surface area contributed by atoms with Crippen LogP contribution in [0, 0.1) is 5.92 Å². The van der Waals surface area contributed by atoms with E-state index in [1.54, 1.807) is 0 Å². The van der Waals surface area contributed by atoms with Crippen LogP contribution in [0.1, 0.15) is 33.1 Å². The van der Waals surface area contributed by atoms with Gasteiger partial charge in [0.15, 0.2) is 6.29 Å². The SMILES string of the molecule is CC(C)C1(O[C@@H]2O[C@H](CO)[C@@H](O)[C@H](O)[C@H]2O)CC=C(CO)CC1. The van der Waals surface area contributed by atoms with Crippen LogP contribution in [0.4, 0.5) is 0 Å². The topological polar surface area (TPSA) is 120 Å². The van der Waals surface area contributed by atoms with Crippen molar-refractivity contribution in [3.8, 4) is 0 Å². The molecule has 1 aliphatic carbocycles. The molecule has 1 saturated heterocycles. The maximum absolute atomic E-state index is 10.1. The largest absolute Gasteiger partial charge is 0.394 e. The molecule has 0 aromatic carbocycles. The summed E-state index contributed by atoms with van der Waals surface area (Å²) in [7, 11) is 0. The lowest BCUT2D eigenvalue weighted by Gasteiger charge is -2.47. The molecule has 1 fully saturated rings. The molecule has 6 atom stereocenters. The zero-order chi connectivity index (χ0) is 17.2. The molecule has 0 aromatic rings. The summed E-state index contributed by atoms with van der Waals surface area (Å²) in [6.07, 6.45) is -2.49. The Hall–Kier alpha value is -0.540. The van der Waals surface area contributed by atoms with E-state index in [0.29, 0.717) is 19.3 Å². The monoisotopic (exact) mass is 332 g/mol. The fourth-order valence-electron chi connectivity index (χ4n) is 3.20. The van der Waals surface area contributed by atoms with E-state index in [0.717, 1.165) is 5.57 Å². The van der Waals surface area contributed by atoms with Crippen LogP contribution in [0.25, 0.3) is 0 Å². The van der Waals surface area contributed by atoms with Crippen molar-refractivity contribution in [3.63, 3.8) is 0 Å². The van der Waals surface area contributed by atoms with Gasteiger partial charge in [0.2, 0.25) is 0 Å². The molecule has 0 radical (unpaired) electrons. The molecule has 0 amide bonds. The molecule has 5 N–H and O–H groups in total. The predicted molar refractivity (Wildman–Crippen MR) is 81.4 cm³/mol. The lowest BCUT2D eigenvalue weighted by molar-refractivity contribution is -0.333. The summed E-state index contributed by atoms with van der Waals surface area (Å²) in [6, 6.07) is 0. The third-order valence-corrected chi connectivity index (χ3v) is 5.06. The van der Waals surface area contributed by atoms with Crippen molar-refractivity contribution in [2.24, 2.45) is 5.92 Å². The molecule has 0 aromatic heterocycles. The van der Waals surface area contributed by atoms with Crippen LogP contribution in [0.3, 0.4) is 0 Å². The van der Waals surface area contributed by atoms with Crippen LogP contribution < -0.4 is 0 Å². The van der Waals surface area contributed by atoms with Crippen LogP contribution >= 0.6 is 0 Å². The smallest absolute Gasteiger partial charge is 0.187 e. The molecular weight excluding hydrogens is 304 g/mol. The summed E-state index contributed by atoms with van der Waals surface area (Å²) in [5, 5.41) is 48.4. The number of hydrogen-bond acceptors (Lipinski definition) is 7. The van der Waals surface area contributed by atoms with E-state index in [1.807, 2.05) is 19.9 Å². The van der Waals surface area contributed by atoms with Crippen molar-refractivity contribution in [3.05, 3.63) is 11.6 Å². The average molecular weight is 332 g/mol. The third kappa shape index (κ3) is 3.76. The lowest BCUT2D eigenvalue weighted by Crippen LogP contribution is -2.61. The minimum Gasteiger partial charge on any atom is -0.394 e. The zero-order valence-corrected chi connectivity index (χ0v) is 13.6. The van der Waals surface area contributed by atoms with Gasteiger partial charge in [-0.15, -0.1) is 0 Å². The normalized spacial score (nSPS) is 41.9. The standard InChI is InChI=1S/C16H28O7/c1-9(2)16(5-3-10(7-17)4-6-16)23-15-14(21)13(20)12(19)11(8-18)22-15/h3,9,11-15,17-21H,4-8H2,1-2H3/t11-,12-,13+,14-,15+,16?/m1/s1. The van der Waals surface area contributed by atoms with E-state index in [2.05, 4.69) is 0 Å². The van der Waals surface area contributed by atoms with Crippen molar-refractivity contribution >= 4 is 0 Å². The van der Waals surface area contributed by atoms with E-state index >= 15 is 0 Å². The Kier molecular flexibility index (Phi) is 6.18. The van der Waals surface area contributed by atoms with Crippen molar-refractivity contribution in [1.82, 2.24) is 0 Å². The molecular formula is C16H28O7. The van der Waals surface area contributed by atoms with Gasteiger partial charge >= 0.3 is 0 Å². The van der Waals surface area contributed by atoms with E-state index < -0.39 is 42.9 Å². The van der Waals surface area contributed by atoms with Crippen molar-refractivity contribution in [2.75, 3.05) is 13.2 Å². The minimum absolute atomic E-state index is 0.0220. The predicted octanol–water partition coefficient (Wildman–Crippen LogP) is -0.700. The van der Waals surface area contributed by atoms with Crippen LogP contribution in [-0.2, 0) is 9.47 Å². The molecule has 0 bridgehead atoms. The first-order chi connectivity index (χ1) is 10.8. The van der Waals surface area contributed by atoms with Gasteiger partial charge in [0.05, 0.1) is 18.8 Å². The van der Waals surface area contributed by atoms with Gasteiger partial charge in [-0.05, 0) is 30.8 Å². The number of aliphatic hydroxyl groups is 5. The number of aliphatic hydroxyl groups excluding tert-OH is 5. The van der Waals surface area contributed by atoms with Crippen LogP contribution in [-0.4, -0.2) is 75.1 Å². The third-order valence-electron chi connectivity index (χ3n) is 5.06. The summed E-state index contributed by atoms with van der Waals surface area (Å²) in [4.78, 5) is 0. The number of ether oxygens (including phenoxy) is 2. The first kappa shape index (κ1) is 18.8. The molecule has 134 valence electrons. The second-order valence-corrected chi connectivity index (χ2v) is 6.76. The maximum Gasteiger partial charge on any atom is 0.187 e. The Bertz CT molecular complexity index is 423. The van der Waals surface area contributed by atoms with Gasteiger partial charge in [-0.1, -0.05) is 19.9 Å². The van der Waals surface area contributed by atoms with Crippen molar-refractivity contribution in [1.29, 1.82) is 0 Å². The van der Waals surface area contributed by atoms with E-state index in [9.17, 15) is 25.5 Å². The van der Waals surface area contributed by atoms with E-state index in [4.69, 9.17) is 9.47 Å². The molecule has 2 rings (SSSR count). The van der Waals surface area contributed by atoms with Gasteiger partial charge in [-0.2, -0.15) is 0 Å². The molecule has 7 nitrogen and oxygen atoms in total. The van der Waals surface area contributed by atoms with Gasteiger partial charge in [0.25, 0.3) is 0 Å². The number of hydrogen-bond donors (Lipinski definition) is 5.